The van der Waals surface area contributed by atoms with Crippen LogP contribution in [0.4, 0.5) is 5.95 Å². The van der Waals surface area contributed by atoms with Crippen LogP contribution in [-0.2, 0) is 0 Å². The largest absolute Gasteiger partial charge is 0.394 e. The second-order valence-corrected chi connectivity index (χ2v) is 6.87. The molecule has 0 aliphatic rings. The molecule has 1 aromatic carbocycles. The lowest BCUT2D eigenvalue weighted by Gasteiger charge is -2.22. The lowest BCUT2D eigenvalue weighted by atomic mass is 10.0. The number of aromatic nitrogens is 5. The van der Waals surface area contributed by atoms with Crippen LogP contribution in [0.5, 0.6) is 0 Å². The molecule has 4 aromatic rings. The Labute approximate surface area is 161 Å². The average molecular weight is 378 g/mol. The zero-order chi connectivity index (χ0) is 19.7. The molecule has 0 aliphatic carbocycles. The normalized spacial score (nSPS) is 13.7. The number of pyridine rings is 1. The number of benzene rings is 1. The summed E-state index contributed by atoms with van der Waals surface area (Å²) in [6.07, 6.45) is 4.17. The van der Waals surface area contributed by atoms with Crippen LogP contribution in [0.2, 0.25) is 0 Å². The molecule has 8 heteroatoms. The van der Waals surface area contributed by atoms with Gasteiger partial charge in [-0.05, 0) is 18.1 Å². The Morgan fingerprint density at radius 3 is 2.75 bits per heavy atom. The third kappa shape index (κ3) is 3.01. The van der Waals surface area contributed by atoms with Gasteiger partial charge in [0.05, 0.1) is 29.1 Å². The van der Waals surface area contributed by atoms with Crippen molar-refractivity contribution < 1.29 is 5.11 Å². The highest BCUT2D eigenvalue weighted by molar-refractivity contribution is 6.02. The average Bonchev–Trinajstić information content (AvgIpc) is 3.23. The van der Waals surface area contributed by atoms with Crippen molar-refractivity contribution in [1.29, 1.82) is 0 Å². The van der Waals surface area contributed by atoms with Gasteiger partial charge in [0.25, 0.3) is 5.56 Å². The fraction of sp³-hybridized carbons (Fsp3) is 0.300. The first-order valence-corrected chi connectivity index (χ1v) is 9.32. The Hall–Kier alpha value is -3.26. The number of nitrogens with zero attached hydrogens (tertiary/aromatic N) is 4. The third-order valence-corrected chi connectivity index (χ3v) is 5.17. The molecule has 8 nitrogen and oxygen atoms in total. The van der Waals surface area contributed by atoms with Crippen LogP contribution < -0.4 is 10.9 Å². The van der Waals surface area contributed by atoms with Crippen molar-refractivity contribution >= 4 is 27.9 Å². The minimum absolute atomic E-state index is 0.0275. The molecule has 0 aliphatic heterocycles. The summed E-state index contributed by atoms with van der Waals surface area (Å²) in [6, 6.07) is 9.19. The molecule has 3 heterocycles. The molecule has 28 heavy (non-hydrogen) atoms. The highest BCUT2D eigenvalue weighted by Crippen LogP contribution is 2.23. The van der Waals surface area contributed by atoms with Crippen LogP contribution in [0, 0.1) is 5.92 Å². The number of rotatable bonds is 6. The number of fused-ring (bicyclic) bond motifs is 3. The fourth-order valence-corrected chi connectivity index (χ4v) is 3.29. The van der Waals surface area contributed by atoms with E-state index in [2.05, 4.69) is 39.3 Å². The van der Waals surface area contributed by atoms with Crippen molar-refractivity contribution in [1.82, 2.24) is 24.7 Å². The van der Waals surface area contributed by atoms with Crippen molar-refractivity contribution in [3.05, 3.63) is 53.1 Å². The maximum absolute atomic E-state index is 13.1. The molecule has 0 spiro atoms. The quantitative estimate of drug-likeness (QED) is 0.476. The van der Waals surface area contributed by atoms with Gasteiger partial charge in [-0.25, -0.2) is 4.98 Å². The Kier molecular flexibility index (Phi) is 4.79. The minimum Gasteiger partial charge on any atom is -0.394 e. The number of para-hydroxylation sites is 1. The summed E-state index contributed by atoms with van der Waals surface area (Å²) >= 11 is 0. The second kappa shape index (κ2) is 7.40. The van der Waals surface area contributed by atoms with Gasteiger partial charge >= 0.3 is 0 Å². The summed E-state index contributed by atoms with van der Waals surface area (Å²) < 4.78 is 1.57. The Balaban J connectivity index is 1.94. The summed E-state index contributed by atoms with van der Waals surface area (Å²) in [5, 5.41) is 21.0. The number of hydrogen-bond acceptors (Lipinski definition) is 6. The highest BCUT2D eigenvalue weighted by Gasteiger charge is 2.19. The van der Waals surface area contributed by atoms with Crippen molar-refractivity contribution in [3.63, 3.8) is 0 Å². The molecule has 2 atom stereocenters. The number of aromatic amines is 1. The Bertz CT molecular complexity index is 1170. The lowest BCUT2D eigenvalue weighted by Crippen LogP contribution is -2.31. The molecule has 3 aromatic heterocycles. The zero-order valence-electron chi connectivity index (χ0n) is 15.8. The first-order chi connectivity index (χ1) is 13.6. The molecule has 0 fully saturated rings. The topological polar surface area (TPSA) is 109 Å². The number of H-pyrrole nitrogens is 1. The van der Waals surface area contributed by atoms with E-state index >= 15 is 0 Å². The second-order valence-electron chi connectivity index (χ2n) is 6.87. The number of nitrogens with one attached hydrogen (secondary N) is 2. The molecule has 0 bridgehead atoms. The summed E-state index contributed by atoms with van der Waals surface area (Å²) in [7, 11) is 0. The first-order valence-electron chi connectivity index (χ1n) is 9.32. The molecule has 0 radical (unpaired) electrons. The zero-order valence-corrected chi connectivity index (χ0v) is 15.8. The van der Waals surface area contributed by atoms with Crippen molar-refractivity contribution in [3.8, 4) is 5.69 Å². The predicted octanol–water partition coefficient (Wildman–Crippen LogP) is 2.48. The van der Waals surface area contributed by atoms with E-state index in [1.165, 1.54) is 0 Å². The SMILES string of the molecule is CC[C@H](C)[C@@H](CO)Nc1ncc2c3n[nH]cc3c(=O)n(-c3ccccc3)c2n1. The third-order valence-electron chi connectivity index (χ3n) is 5.17. The van der Waals surface area contributed by atoms with Crippen LogP contribution >= 0.6 is 0 Å². The van der Waals surface area contributed by atoms with Gasteiger partial charge in [-0.2, -0.15) is 10.1 Å². The van der Waals surface area contributed by atoms with Gasteiger partial charge in [-0.3, -0.25) is 14.5 Å². The summed E-state index contributed by atoms with van der Waals surface area (Å²) in [4.78, 5) is 22.2. The minimum atomic E-state index is -0.201. The monoisotopic (exact) mass is 378 g/mol. The van der Waals surface area contributed by atoms with Gasteiger partial charge in [0.1, 0.15) is 5.52 Å². The van der Waals surface area contributed by atoms with Gasteiger partial charge in [-0.15, -0.1) is 0 Å². The van der Waals surface area contributed by atoms with Gasteiger partial charge in [0.15, 0.2) is 5.65 Å². The van der Waals surface area contributed by atoms with Crippen LogP contribution in [0.1, 0.15) is 20.3 Å². The summed E-state index contributed by atoms with van der Waals surface area (Å²) in [5.74, 6) is 0.611. The molecule has 3 N–H and O–H groups in total. The van der Waals surface area contributed by atoms with Crippen LogP contribution in [0.3, 0.4) is 0 Å². The van der Waals surface area contributed by atoms with Crippen LogP contribution in [0.15, 0.2) is 47.5 Å². The van der Waals surface area contributed by atoms with E-state index in [0.717, 1.165) is 6.42 Å². The Morgan fingerprint density at radius 1 is 1.25 bits per heavy atom. The molecular formula is C20H22N6O2. The molecule has 0 saturated heterocycles. The smallest absolute Gasteiger partial charge is 0.267 e. The number of aliphatic hydroxyl groups excluding tert-OH is 1. The maximum atomic E-state index is 13.1. The van der Waals surface area contributed by atoms with Crippen molar-refractivity contribution in [2.75, 3.05) is 11.9 Å². The van der Waals surface area contributed by atoms with Crippen LogP contribution in [0.25, 0.3) is 27.6 Å². The highest BCUT2D eigenvalue weighted by atomic mass is 16.3. The summed E-state index contributed by atoms with van der Waals surface area (Å²) in [6.45, 7) is 4.10. The maximum Gasteiger partial charge on any atom is 0.267 e. The summed E-state index contributed by atoms with van der Waals surface area (Å²) in [5.41, 5.74) is 1.52. The van der Waals surface area contributed by atoms with Gasteiger partial charge < -0.3 is 10.4 Å². The van der Waals surface area contributed by atoms with Gasteiger partial charge in [-0.1, -0.05) is 38.5 Å². The first kappa shape index (κ1) is 18.1. The molecular weight excluding hydrogens is 356 g/mol. The van der Waals surface area contributed by atoms with E-state index < -0.39 is 0 Å². The van der Waals surface area contributed by atoms with E-state index in [4.69, 9.17) is 0 Å². The van der Waals surface area contributed by atoms with Crippen LogP contribution in [-0.4, -0.2) is 42.5 Å². The Morgan fingerprint density at radius 2 is 2.04 bits per heavy atom. The predicted molar refractivity (Wildman–Crippen MR) is 109 cm³/mol. The molecule has 4 rings (SSSR count). The molecule has 0 amide bonds. The number of hydrogen-bond donors (Lipinski definition) is 3. The molecule has 144 valence electrons. The molecule has 0 unspecified atom stereocenters. The standard InChI is InChI=1S/C20H22N6O2/c1-3-12(2)16(11-27)23-20-21-9-14-17-15(10-22-25-17)19(28)26(18(14)24-20)13-7-5-4-6-8-13/h4-10,12,16,27H,3,11H2,1-2H3,(H,22,25)(H,21,23,24)/t12-,16+/m0/s1. The van der Waals surface area contributed by atoms with Crippen molar-refractivity contribution in [2.45, 2.75) is 26.3 Å². The fourth-order valence-electron chi connectivity index (χ4n) is 3.29. The van der Waals surface area contributed by atoms with Crippen molar-refractivity contribution in [2.24, 2.45) is 5.92 Å². The lowest BCUT2D eigenvalue weighted by molar-refractivity contribution is 0.240. The van der Waals surface area contributed by atoms with Gasteiger partial charge in [0, 0.05) is 12.4 Å². The van der Waals surface area contributed by atoms with E-state index in [1.54, 1.807) is 17.0 Å². The van der Waals surface area contributed by atoms with E-state index in [-0.39, 0.29) is 24.1 Å². The number of anilines is 1. The van der Waals surface area contributed by atoms with E-state index in [9.17, 15) is 9.90 Å². The van der Waals surface area contributed by atoms with E-state index in [0.29, 0.717) is 33.6 Å². The molecule has 0 saturated carbocycles. The van der Waals surface area contributed by atoms with E-state index in [1.807, 2.05) is 30.3 Å². The number of aliphatic hydroxyl groups is 1. The van der Waals surface area contributed by atoms with Gasteiger partial charge in [0.2, 0.25) is 5.95 Å².